The summed E-state index contributed by atoms with van der Waals surface area (Å²) in [6, 6.07) is 7.79. The lowest BCUT2D eigenvalue weighted by Crippen LogP contribution is -2.08. The van der Waals surface area contributed by atoms with E-state index in [-0.39, 0.29) is 0 Å². The summed E-state index contributed by atoms with van der Waals surface area (Å²) >= 11 is 5.57. The van der Waals surface area contributed by atoms with E-state index in [1.54, 1.807) is 6.20 Å². The van der Waals surface area contributed by atoms with Crippen LogP contribution in [0, 0.1) is 18.8 Å². The van der Waals surface area contributed by atoms with Gasteiger partial charge in [-0.1, -0.05) is 11.8 Å². The number of halogens is 1. The smallest absolute Gasteiger partial charge is 0.119 e. The van der Waals surface area contributed by atoms with E-state index in [1.807, 2.05) is 37.4 Å². The molecule has 0 bridgehead atoms. The molecular weight excluding hydrogens is 272 g/mol. The van der Waals surface area contributed by atoms with Crippen LogP contribution in [0.5, 0.6) is 5.75 Å². The standard InChI is InChI=1S/C16H17ClN2O/c1-14-18-10-11-19(14)12-13-20-16-7-5-15(6-8-16)4-2-3-9-17/h5-8,10-11H,3,9,12-13H2,1H3. The van der Waals surface area contributed by atoms with Gasteiger partial charge in [0.05, 0.1) is 6.54 Å². The molecule has 1 heterocycles. The molecule has 2 rings (SSSR count). The minimum Gasteiger partial charge on any atom is -0.492 e. The van der Waals surface area contributed by atoms with E-state index < -0.39 is 0 Å². The Balaban J connectivity index is 1.82. The zero-order chi connectivity index (χ0) is 14.2. The normalized spacial score (nSPS) is 9.90. The first-order valence-electron chi connectivity index (χ1n) is 6.55. The minimum atomic E-state index is 0.571. The Kier molecular flexibility index (Phi) is 5.52. The van der Waals surface area contributed by atoms with Crippen LogP contribution < -0.4 is 4.74 Å². The Hall–Kier alpha value is -1.92. The Bertz CT molecular complexity index is 593. The highest BCUT2D eigenvalue weighted by molar-refractivity contribution is 6.18. The van der Waals surface area contributed by atoms with Crippen LogP contribution in [0.3, 0.4) is 0 Å². The van der Waals surface area contributed by atoms with Gasteiger partial charge in [-0.2, -0.15) is 0 Å². The highest BCUT2D eigenvalue weighted by Crippen LogP contribution is 2.11. The van der Waals surface area contributed by atoms with Crippen molar-refractivity contribution in [3.05, 3.63) is 48.0 Å². The van der Waals surface area contributed by atoms with Crippen LogP contribution in [0.1, 0.15) is 17.8 Å². The van der Waals surface area contributed by atoms with Crippen LogP contribution in [0.25, 0.3) is 0 Å². The van der Waals surface area contributed by atoms with Gasteiger partial charge >= 0.3 is 0 Å². The molecular formula is C16H17ClN2O. The second-order valence-corrected chi connectivity index (χ2v) is 4.66. The molecule has 0 aliphatic heterocycles. The quantitative estimate of drug-likeness (QED) is 0.624. The number of ether oxygens (including phenoxy) is 1. The molecule has 0 aliphatic carbocycles. The van der Waals surface area contributed by atoms with Gasteiger partial charge in [0.25, 0.3) is 0 Å². The summed E-state index contributed by atoms with van der Waals surface area (Å²) in [5.74, 6) is 8.48. The van der Waals surface area contributed by atoms with E-state index in [4.69, 9.17) is 16.3 Å². The monoisotopic (exact) mass is 288 g/mol. The molecule has 0 amide bonds. The summed E-state index contributed by atoms with van der Waals surface area (Å²) < 4.78 is 7.76. The molecule has 1 aromatic carbocycles. The van der Waals surface area contributed by atoms with E-state index in [1.165, 1.54) is 0 Å². The number of imidazole rings is 1. The maximum Gasteiger partial charge on any atom is 0.119 e. The van der Waals surface area contributed by atoms with Crippen LogP contribution in [0.4, 0.5) is 0 Å². The molecule has 2 aromatic rings. The second kappa shape index (κ2) is 7.62. The zero-order valence-corrected chi connectivity index (χ0v) is 12.2. The van der Waals surface area contributed by atoms with E-state index in [9.17, 15) is 0 Å². The summed E-state index contributed by atoms with van der Waals surface area (Å²) in [4.78, 5) is 4.17. The number of aryl methyl sites for hydroxylation is 1. The van der Waals surface area contributed by atoms with Gasteiger partial charge in [-0.25, -0.2) is 4.98 Å². The van der Waals surface area contributed by atoms with Gasteiger partial charge in [-0.15, -0.1) is 11.6 Å². The lowest BCUT2D eigenvalue weighted by Gasteiger charge is -2.08. The van der Waals surface area contributed by atoms with E-state index in [0.717, 1.165) is 23.7 Å². The van der Waals surface area contributed by atoms with Crippen LogP contribution in [0.2, 0.25) is 0 Å². The van der Waals surface area contributed by atoms with Crippen LogP contribution in [-0.4, -0.2) is 22.0 Å². The first-order valence-corrected chi connectivity index (χ1v) is 7.08. The molecule has 3 nitrogen and oxygen atoms in total. The van der Waals surface area contributed by atoms with Gasteiger partial charge in [0.2, 0.25) is 0 Å². The van der Waals surface area contributed by atoms with Gasteiger partial charge in [-0.05, 0) is 31.2 Å². The van der Waals surface area contributed by atoms with Crippen LogP contribution in [-0.2, 0) is 6.54 Å². The van der Waals surface area contributed by atoms with Gasteiger partial charge in [0, 0.05) is 30.3 Å². The summed E-state index contributed by atoms with van der Waals surface area (Å²) in [6.07, 6.45) is 4.46. The van der Waals surface area contributed by atoms with Crippen molar-refractivity contribution >= 4 is 11.6 Å². The highest BCUT2D eigenvalue weighted by atomic mass is 35.5. The molecule has 0 fully saturated rings. The van der Waals surface area contributed by atoms with Crippen molar-refractivity contribution in [1.29, 1.82) is 0 Å². The molecule has 4 heteroatoms. The average Bonchev–Trinajstić information content (AvgIpc) is 2.87. The number of benzene rings is 1. The molecule has 0 atom stereocenters. The Morgan fingerprint density at radius 2 is 2.10 bits per heavy atom. The average molecular weight is 289 g/mol. The SMILES string of the molecule is Cc1nccn1CCOc1ccc(C#CCCCl)cc1. The second-order valence-electron chi connectivity index (χ2n) is 4.28. The third-order valence-corrected chi connectivity index (χ3v) is 3.02. The highest BCUT2D eigenvalue weighted by Gasteiger charge is 1.97. The Morgan fingerprint density at radius 1 is 1.30 bits per heavy atom. The molecule has 0 aliphatic rings. The number of aromatic nitrogens is 2. The predicted molar refractivity (Wildman–Crippen MR) is 81.1 cm³/mol. The number of alkyl halides is 1. The van der Waals surface area contributed by atoms with Gasteiger partial charge in [0.15, 0.2) is 0 Å². The lowest BCUT2D eigenvalue weighted by atomic mass is 10.2. The van der Waals surface area contributed by atoms with Crippen LogP contribution >= 0.6 is 11.6 Å². The lowest BCUT2D eigenvalue weighted by molar-refractivity contribution is 0.297. The molecule has 104 valence electrons. The fourth-order valence-electron chi connectivity index (χ4n) is 1.75. The third kappa shape index (κ3) is 4.32. The molecule has 0 radical (unpaired) electrons. The minimum absolute atomic E-state index is 0.571. The maximum atomic E-state index is 5.70. The molecule has 0 N–H and O–H groups in total. The van der Waals surface area contributed by atoms with Crippen molar-refractivity contribution in [2.75, 3.05) is 12.5 Å². The van der Waals surface area contributed by atoms with Crippen molar-refractivity contribution < 1.29 is 4.74 Å². The molecule has 1 aromatic heterocycles. The van der Waals surface area contributed by atoms with Gasteiger partial charge in [0.1, 0.15) is 18.2 Å². The van der Waals surface area contributed by atoms with Crippen molar-refractivity contribution in [3.8, 4) is 17.6 Å². The number of hydrogen-bond donors (Lipinski definition) is 0. The van der Waals surface area contributed by atoms with Crippen molar-refractivity contribution in [3.63, 3.8) is 0 Å². The fraction of sp³-hybridized carbons (Fsp3) is 0.312. The zero-order valence-electron chi connectivity index (χ0n) is 11.5. The summed E-state index contributed by atoms with van der Waals surface area (Å²) in [5.41, 5.74) is 0.980. The van der Waals surface area contributed by atoms with Gasteiger partial charge in [-0.3, -0.25) is 0 Å². The molecule has 0 unspecified atom stereocenters. The summed E-state index contributed by atoms with van der Waals surface area (Å²) in [7, 11) is 0. The third-order valence-electron chi connectivity index (χ3n) is 2.83. The van der Waals surface area contributed by atoms with Crippen molar-refractivity contribution in [2.45, 2.75) is 19.9 Å². The maximum absolute atomic E-state index is 5.70. The van der Waals surface area contributed by atoms with E-state index in [0.29, 0.717) is 18.9 Å². The first kappa shape index (κ1) is 14.5. The number of nitrogens with zero attached hydrogens (tertiary/aromatic N) is 2. The molecule has 20 heavy (non-hydrogen) atoms. The first-order chi connectivity index (χ1) is 9.79. The molecule has 0 saturated heterocycles. The van der Waals surface area contributed by atoms with E-state index >= 15 is 0 Å². The van der Waals surface area contributed by atoms with Crippen molar-refractivity contribution in [1.82, 2.24) is 9.55 Å². The van der Waals surface area contributed by atoms with Gasteiger partial charge < -0.3 is 9.30 Å². The fourth-order valence-corrected chi connectivity index (χ4v) is 1.84. The van der Waals surface area contributed by atoms with E-state index in [2.05, 4.69) is 21.4 Å². The number of hydrogen-bond acceptors (Lipinski definition) is 2. The number of rotatable bonds is 5. The summed E-state index contributed by atoms with van der Waals surface area (Å²) in [5, 5.41) is 0. The Labute approximate surface area is 124 Å². The molecule has 0 spiro atoms. The molecule has 0 saturated carbocycles. The largest absolute Gasteiger partial charge is 0.492 e. The summed E-state index contributed by atoms with van der Waals surface area (Å²) in [6.45, 7) is 3.39. The topological polar surface area (TPSA) is 27.1 Å². The predicted octanol–water partition coefficient (Wildman–Crippen LogP) is 3.25. The Morgan fingerprint density at radius 3 is 2.75 bits per heavy atom. The van der Waals surface area contributed by atoms with Crippen LogP contribution in [0.15, 0.2) is 36.7 Å². The van der Waals surface area contributed by atoms with Crippen molar-refractivity contribution in [2.24, 2.45) is 0 Å².